The van der Waals surface area contributed by atoms with Gasteiger partial charge in [-0.2, -0.15) is 4.98 Å². The fourth-order valence-corrected chi connectivity index (χ4v) is 2.21. The Morgan fingerprint density at radius 2 is 2.17 bits per heavy atom. The Bertz CT molecular complexity index is 394. The Morgan fingerprint density at radius 1 is 1.44 bits per heavy atom. The number of aromatic nitrogens is 2. The molecule has 18 heavy (non-hydrogen) atoms. The number of nitrogens with two attached hydrogens (primary N) is 1. The highest BCUT2D eigenvalue weighted by molar-refractivity contribution is 5.66. The molecule has 6 nitrogen and oxygen atoms in total. The number of nitrogens with zero attached hydrogens (tertiary/aromatic N) is 2. The van der Waals surface area contributed by atoms with Gasteiger partial charge in [0.25, 0.3) is 0 Å². The van der Waals surface area contributed by atoms with Crippen molar-refractivity contribution >= 4 is 11.5 Å². The van der Waals surface area contributed by atoms with Crippen LogP contribution in [-0.4, -0.2) is 36.3 Å². The van der Waals surface area contributed by atoms with Gasteiger partial charge in [-0.3, -0.25) is 0 Å². The van der Waals surface area contributed by atoms with Gasteiger partial charge < -0.3 is 20.5 Å². The van der Waals surface area contributed by atoms with Crippen LogP contribution in [0.3, 0.4) is 0 Å². The number of hydrogen-bond acceptors (Lipinski definition) is 6. The molecule has 1 saturated heterocycles. The number of hydrogen-bond donors (Lipinski definition) is 2. The second-order valence-electron chi connectivity index (χ2n) is 4.53. The van der Waals surface area contributed by atoms with Crippen LogP contribution in [0.25, 0.3) is 0 Å². The molecular weight excluding hydrogens is 232 g/mol. The molecule has 1 aromatic heterocycles. The van der Waals surface area contributed by atoms with Gasteiger partial charge in [0, 0.05) is 19.3 Å². The van der Waals surface area contributed by atoms with Crippen molar-refractivity contribution in [1.29, 1.82) is 0 Å². The lowest BCUT2D eigenvalue weighted by atomic mass is 9.93. The van der Waals surface area contributed by atoms with Crippen LogP contribution in [0.2, 0.25) is 0 Å². The number of rotatable bonds is 4. The maximum atomic E-state index is 5.93. The number of anilines is 2. The zero-order chi connectivity index (χ0) is 13.0. The molecule has 6 heteroatoms. The lowest BCUT2D eigenvalue weighted by molar-refractivity contribution is 0.0622. The molecule has 100 valence electrons. The molecule has 3 N–H and O–H groups in total. The largest absolute Gasteiger partial charge is 0.479 e. The van der Waals surface area contributed by atoms with Crippen LogP contribution in [0.1, 0.15) is 19.8 Å². The standard InChI is InChI=1S/C12H20N4O2/c1-8(9-3-5-18-6-4-9)16-11-10(13)12(17-2)15-7-14-11/h7-9H,3-6,13H2,1-2H3,(H,14,15,16). The molecule has 1 unspecified atom stereocenters. The highest BCUT2D eigenvalue weighted by Crippen LogP contribution is 2.27. The summed E-state index contributed by atoms with van der Waals surface area (Å²) in [4.78, 5) is 8.12. The maximum Gasteiger partial charge on any atom is 0.242 e. The third-order valence-corrected chi connectivity index (χ3v) is 3.38. The highest BCUT2D eigenvalue weighted by Gasteiger charge is 2.21. The molecule has 1 fully saturated rings. The monoisotopic (exact) mass is 252 g/mol. The Labute approximate surface area is 107 Å². The summed E-state index contributed by atoms with van der Waals surface area (Å²) in [6.45, 7) is 3.81. The fraction of sp³-hybridized carbons (Fsp3) is 0.667. The summed E-state index contributed by atoms with van der Waals surface area (Å²) in [5.41, 5.74) is 6.39. The van der Waals surface area contributed by atoms with Gasteiger partial charge in [-0.15, -0.1) is 0 Å². The molecular formula is C12H20N4O2. The number of ether oxygens (including phenoxy) is 2. The van der Waals surface area contributed by atoms with Gasteiger partial charge in [0.1, 0.15) is 12.0 Å². The van der Waals surface area contributed by atoms with Gasteiger partial charge in [-0.1, -0.05) is 0 Å². The molecule has 0 aliphatic carbocycles. The number of nitrogen functional groups attached to an aromatic ring is 1. The second-order valence-corrected chi connectivity index (χ2v) is 4.53. The highest BCUT2D eigenvalue weighted by atomic mass is 16.5. The predicted molar refractivity (Wildman–Crippen MR) is 69.6 cm³/mol. The average molecular weight is 252 g/mol. The minimum atomic E-state index is 0.302. The summed E-state index contributed by atoms with van der Waals surface area (Å²) >= 11 is 0. The smallest absolute Gasteiger partial charge is 0.242 e. The van der Waals surface area contributed by atoms with E-state index in [-0.39, 0.29) is 0 Å². The minimum Gasteiger partial charge on any atom is -0.479 e. The van der Waals surface area contributed by atoms with Crippen molar-refractivity contribution in [1.82, 2.24) is 9.97 Å². The van der Waals surface area contributed by atoms with Gasteiger partial charge in [-0.25, -0.2) is 4.98 Å². The number of methoxy groups -OCH3 is 1. The summed E-state index contributed by atoms with van der Waals surface area (Å²) in [7, 11) is 1.55. The van der Waals surface area contributed by atoms with E-state index >= 15 is 0 Å². The predicted octanol–water partition coefficient (Wildman–Crippen LogP) is 1.29. The first-order chi connectivity index (χ1) is 8.72. The van der Waals surface area contributed by atoms with E-state index in [2.05, 4.69) is 22.2 Å². The van der Waals surface area contributed by atoms with Crippen LogP contribution >= 0.6 is 0 Å². The summed E-state index contributed by atoms with van der Waals surface area (Å²) in [5, 5.41) is 3.34. The van der Waals surface area contributed by atoms with Crippen LogP contribution in [0.15, 0.2) is 6.33 Å². The van der Waals surface area contributed by atoms with Crippen LogP contribution in [-0.2, 0) is 4.74 Å². The lowest BCUT2D eigenvalue weighted by Crippen LogP contribution is -2.31. The van der Waals surface area contributed by atoms with Crippen molar-refractivity contribution < 1.29 is 9.47 Å². The summed E-state index contributed by atoms with van der Waals surface area (Å²) < 4.78 is 10.4. The summed E-state index contributed by atoms with van der Waals surface area (Å²) in [6.07, 6.45) is 3.58. The quantitative estimate of drug-likeness (QED) is 0.840. The van der Waals surface area contributed by atoms with E-state index in [1.807, 2.05) is 0 Å². The third kappa shape index (κ3) is 2.81. The van der Waals surface area contributed by atoms with Crippen molar-refractivity contribution in [3.63, 3.8) is 0 Å². The van der Waals surface area contributed by atoms with Crippen molar-refractivity contribution in [2.75, 3.05) is 31.4 Å². The second kappa shape index (κ2) is 5.86. The number of nitrogens with one attached hydrogen (secondary N) is 1. The van der Waals surface area contributed by atoms with E-state index in [1.54, 1.807) is 7.11 Å². The molecule has 2 rings (SSSR count). The normalized spacial score (nSPS) is 18.3. The molecule has 0 bridgehead atoms. The van der Waals surface area contributed by atoms with E-state index in [9.17, 15) is 0 Å². The molecule has 2 heterocycles. The van der Waals surface area contributed by atoms with Gasteiger partial charge in [0.05, 0.1) is 7.11 Å². The molecule has 1 aliphatic rings. The molecule has 1 aromatic rings. The van der Waals surface area contributed by atoms with E-state index in [0.717, 1.165) is 26.1 Å². The first-order valence-corrected chi connectivity index (χ1v) is 6.21. The van der Waals surface area contributed by atoms with E-state index in [1.165, 1.54) is 6.33 Å². The van der Waals surface area contributed by atoms with Crippen molar-refractivity contribution in [2.24, 2.45) is 5.92 Å². The van der Waals surface area contributed by atoms with Gasteiger partial charge in [0.15, 0.2) is 5.82 Å². The summed E-state index contributed by atoms with van der Waals surface area (Å²) in [5.74, 6) is 1.63. The Hall–Kier alpha value is -1.56. The molecule has 1 aliphatic heterocycles. The minimum absolute atomic E-state index is 0.302. The fourth-order valence-electron chi connectivity index (χ4n) is 2.21. The van der Waals surface area contributed by atoms with E-state index in [4.69, 9.17) is 15.2 Å². The van der Waals surface area contributed by atoms with Crippen LogP contribution < -0.4 is 15.8 Å². The zero-order valence-electron chi connectivity index (χ0n) is 10.8. The van der Waals surface area contributed by atoms with Gasteiger partial charge >= 0.3 is 0 Å². The topological polar surface area (TPSA) is 82.3 Å². The Morgan fingerprint density at radius 3 is 2.83 bits per heavy atom. The average Bonchev–Trinajstić information content (AvgIpc) is 2.42. The Kier molecular flexibility index (Phi) is 4.19. The lowest BCUT2D eigenvalue weighted by Gasteiger charge is -2.29. The van der Waals surface area contributed by atoms with Crippen LogP contribution in [0.4, 0.5) is 11.5 Å². The van der Waals surface area contributed by atoms with Gasteiger partial charge in [-0.05, 0) is 25.7 Å². The van der Waals surface area contributed by atoms with Crippen molar-refractivity contribution in [3.8, 4) is 5.88 Å². The van der Waals surface area contributed by atoms with E-state index in [0.29, 0.717) is 29.3 Å². The molecule has 0 saturated carbocycles. The maximum absolute atomic E-state index is 5.93. The molecule has 0 aromatic carbocycles. The molecule has 0 amide bonds. The molecule has 0 spiro atoms. The van der Waals surface area contributed by atoms with Crippen LogP contribution in [0.5, 0.6) is 5.88 Å². The van der Waals surface area contributed by atoms with Crippen molar-refractivity contribution in [2.45, 2.75) is 25.8 Å². The van der Waals surface area contributed by atoms with Crippen LogP contribution in [0, 0.1) is 5.92 Å². The first-order valence-electron chi connectivity index (χ1n) is 6.21. The Balaban J connectivity index is 2.04. The SMILES string of the molecule is COc1ncnc(NC(C)C2CCOCC2)c1N. The first kappa shape index (κ1) is 12.9. The zero-order valence-corrected chi connectivity index (χ0v) is 10.8. The van der Waals surface area contributed by atoms with E-state index < -0.39 is 0 Å². The van der Waals surface area contributed by atoms with Gasteiger partial charge in [0.2, 0.25) is 5.88 Å². The molecule has 0 radical (unpaired) electrons. The molecule has 1 atom stereocenters. The third-order valence-electron chi connectivity index (χ3n) is 3.38. The van der Waals surface area contributed by atoms with Crippen molar-refractivity contribution in [3.05, 3.63) is 6.33 Å². The summed E-state index contributed by atoms with van der Waals surface area (Å²) in [6, 6.07) is 0.302.